The van der Waals surface area contributed by atoms with Gasteiger partial charge in [0.15, 0.2) is 0 Å². The molecule has 0 fully saturated rings. The van der Waals surface area contributed by atoms with Crippen molar-refractivity contribution in [1.29, 1.82) is 0 Å². The lowest BCUT2D eigenvalue weighted by Gasteiger charge is -2.11. The second kappa shape index (κ2) is 9.14. The van der Waals surface area contributed by atoms with Gasteiger partial charge in [-0.2, -0.15) is 0 Å². The van der Waals surface area contributed by atoms with E-state index in [4.69, 9.17) is 14.5 Å². The highest BCUT2D eigenvalue weighted by atomic mass is 16.5. The number of nitrogens with zero attached hydrogens (tertiary/aromatic N) is 4. The number of aromatic nitrogens is 4. The van der Waals surface area contributed by atoms with Crippen molar-refractivity contribution in [2.75, 3.05) is 19.5 Å². The molecule has 5 aromatic rings. The van der Waals surface area contributed by atoms with Gasteiger partial charge >= 0.3 is 11.9 Å². The Labute approximate surface area is 200 Å². The molecule has 9 heteroatoms. The van der Waals surface area contributed by atoms with E-state index < -0.39 is 11.9 Å². The molecule has 0 unspecified atom stereocenters. The van der Waals surface area contributed by atoms with Crippen LogP contribution < -0.4 is 5.32 Å². The molecule has 0 aliphatic rings. The Bertz CT molecular complexity index is 1520. The van der Waals surface area contributed by atoms with Crippen LogP contribution in [0.4, 0.5) is 11.5 Å². The zero-order valence-electron chi connectivity index (χ0n) is 19.0. The molecule has 0 aliphatic carbocycles. The Morgan fingerprint density at radius 2 is 1.69 bits per heavy atom. The number of pyridine rings is 1. The van der Waals surface area contributed by atoms with Crippen molar-refractivity contribution < 1.29 is 19.1 Å². The summed E-state index contributed by atoms with van der Waals surface area (Å²) in [6.07, 6.45) is 6.99. The summed E-state index contributed by atoms with van der Waals surface area (Å²) in [4.78, 5) is 33.1. The monoisotopic (exact) mass is 467 g/mol. The number of nitrogens with one attached hydrogen (secondary N) is 1. The summed E-state index contributed by atoms with van der Waals surface area (Å²) in [7, 11) is 2.68. The Hall–Kier alpha value is -4.92. The summed E-state index contributed by atoms with van der Waals surface area (Å²) in [6, 6.07) is 18.3. The maximum absolute atomic E-state index is 12.2. The number of hydrogen-bond donors (Lipinski definition) is 1. The fourth-order valence-electron chi connectivity index (χ4n) is 3.79. The van der Waals surface area contributed by atoms with Crippen LogP contribution in [0.1, 0.15) is 20.7 Å². The van der Waals surface area contributed by atoms with Crippen LogP contribution >= 0.6 is 0 Å². The molecule has 3 aromatic heterocycles. The third kappa shape index (κ3) is 4.22. The standard InChI is InChI=1S/C26H21N5O4/c1-34-25(32)18-4-3-5-20(14-18)28-24-23(17-6-9-21(10-7-17)30-13-12-27-16-30)29-22-11-8-19(15-31(22)24)26(33)35-2/h3-16,28H,1-2H3. The lowest BCUT2D eigenvalue weighted by molar-refractivity contribution is 0.0591. The van der Waals surface area contributed by atoms with Crippen molar-refractivity contribution in [2.24, 2.45) is 0 Å². The van der Waals surface area contributed by atoms with E-state index in [1.807, 2.05) is 41.1 Å². The lowest BCUT2D eigenvalue weighted by Crippen LogP contribution is -2.05. The van der Waals surface area contributed by atoms with Gasteiger partial charge in [0, 0.05) is 35.5 Å². The Morgan fingerprint density at radius 3 is 2.40 bits per heavy atom. The molecule has 174 valence electrons. The zero-order valence-corrected chi connectivity index (χ0v) is 19.0. The van der Waals surface area contributed by atoms with E-state index in [0.717, 1.165) is 11.3 Å². The second-order valence-corrected chi connectivity index (χ2v) is 7.66. The number of esters is 2. The molecule has 35 heavy (non-hydrogen) atoms. The summed E-state index contributed by atoms with van der Waals surface area (Å²) in [5, 5.41) is 3.37. The Morgan fingerprint density at radius 1 is 0.914 bits per heavy atom. The summed E-state index contributed by atoms with van der Waals surface area (Å²) in [6.45, 7) is 0. The van der Waals surface area contributed by atoms with Crippen LogP contribution in [-0.2, 0) is 9.47 Å². The third-order valence-electron chi connectivity index (χ3n) is 5.53. The van der Waals surface area contributed by atoms with Crippen LogP contribution in [0.3, 0.4) is 0 Å². The van der Waals surface area contributed by atoms with E-state index >= 15 is 0 Å². The van der Waals surface area contributed by atoms with Crippen molar-refractivity contribution in [1.82, 2.24) is 18.9 Å². The first-order valence-corrected chi connectivity index (χ1v) is 10.7. The van der Waals surface area contributed by atoms with Gasteiger partial charge in [-0.3, -0.25) is 4.40 Å². The predicted molar refractivity (Wildman–Crippen MR) is 130 cm³/mol. The van der Waals surface area contributed by atoms with Gasteiger partial charge in [-0.1, -0.05) is 18.2 Å². The quantitative estimate of drug-likeness (QED) is 0.367. The highest BCUT2D eigenvalue weighted by Crippen LogP contribution is 2.32. The number of benzene rings is 2. The van der Waals surface area contributed by atoms with E-state index in [1.54, 1.807) is 53.5 Å². The highest BCUT2D eigenvalue weighted by molar-refractivity contribution is 5.92. The van der Waals surface area contributed by atoms with Crippen LogP contribution in [0.5, 0.6) is 0 Å². The van der Waals surface area contributed by atoms with Crippen molar-refractivity contribution in [3.05, 3.63) is 96.7 Å². The van der Waals surface area contributed by atoms with Crippen molar-refractivity contribution in [3.63, 3.8) is 0 Å². The molecule has 0 amide bonds. The molecule has 0 saturated heterocycles. The number of fused-ring (bicyclic) bond motifs is 1. The summed E-state index contributed by atoms with van der Waals surface area (Å²) in [5.41, 5.74) is 4.59. The highest BCUT2D eigenvalue weighted by Gasteiger charge is 2.17. The van der Waals surface area contributed by atoms with E-state index in [0.29, 0.717) is 34.0 Å². The van der Waals surface area contributed by atoms with Crippen LogP contribution in [-0.4, -0.2) is 45.1 Å². The molecule has 0 radical (unpaired) electrons. The lowest BCUT2D eigenvalue weighted by atomic mass is 10.1. The molecular formula is C26H21N5O4. The number of rotatable bonds is 6. The fourth-order valence-corrected chi connectivity index (χ4v) is 3.79. The Kier molecular flexibility index (Phi) is 5.72. The summed E-state index contributed by atoms with van der Waals surface area (Å²) >= 11 is 0. The molecule has 0 atom stereocenters. The van der Waals surface area contributed by atoms with Gasteiger partial charge in [-0.05, 0) is 42.5 Å². The number of carbonyl (C=O) groups is 2. The number of ether oxygens (including phenoxy) is 2. The van der Waals surface area contributed by atoms with Crippen molar-refractivity contribution in [3.8, 4) is 16.9 Å². The minimum atomic E-state index is -0.453. The molecule has 0 aliphatic heterocycles. The maximum Gasteiger partial charge on any atom is 0.339 e. The van der Waals surface area contributed by atoms with Gasteiger partial charge in [0.2, 0.25) is 0 Å². The number of imidazole rings is 2. The predicted octanol–water partition coefficient (Wildman–Crippen LogP) is 4.50. The van der Waals surface area contributed by atoms with Gasteiger partial charge in [0.1, 0.15) is 17.2 Å². The normalized spacial score (nSPS) is 10.8. The molecule has 3 heterocycles. The fraction of sp³-hybridized carbons (Fsp3) is 0.0769. The number of hydrogen-bond acceptors (Lipinski definition) is 7. The minimum Gasteiger partial charge on any atom is -0.465 e. The van der Waals surface area contributed by atoms with Gasteiger partial charge in [0.05, 0.1) is 31.7 Å². The van der Waals surface area contributed by atoms with E-state index in [1.165, 1.54) is 14.2 Å². The molecule has 0 spiro atoms. The third-order valence-corrected chi connectivity index (χ3v) is 5.53. The summed E-state index contributed by atoms with van der Waals surface area (Å²) in [5.74, 6) is -0.260. The molecule has 2 aromatic carbocycles. The largest absolute Gasteiger partial charge is 0.465 e. The van der Waals surface area contributed by atoms with Crippen LogP contribution in [0.2, 0.25) is 0 Å². The second-order valence-electron chi connectivity index (χ2n) is 7.66. The van der Waals surface area contributed by atoms with E-state index in [9.17, 15) is 9.59 Å². The SMILES string of the molecule is COC(=O)c1cccc(Nc2c(-c3ccc(-n4ccnc4)cc3)nc3ccc(C(=O)OC)cn23)c1. The molecular weight excluding hydrogens is 446 g/mol. The van der Waals surface area contributed by atoms with Gasteiger partial charge in [-0.15, -0.1) is 0 Å². The molecule has 0 bridgehead atoms. The number of methoxy groups -OCH3 is 2. The maximum atomic E-state index is 12.2. The first-order chi connectivity index (χ1) is 17.1. The van der Waals surface area contributed by atoms with Crippen molar-refractivity contribution >= 4 is 29.1 Å². The summed E-state index contributed by atoms with van der Waals surface area (Å²) < 4.78 is 13.4. The van der Waals surface area contributed by atoms with Gasteiger partial charge in [-0.25, -0.2) is 19.6 Å². The van der Waals surface area contributed by atoms with E-state index in [2.05, 4.69) is 10.3 Å². The minimum absolute atomic E-state index is 0.380. The van der Waals surface area contributed by atoms with Crippen LogP contribution in [0, 0.1) is 0 Å². The van der Waals surface area contributed by atoms with E-state index in [-0.39, 0.29) is 0 Å². The van der Waals surface area contributed by atoms with Gasteiger partial charge in [0.25, 0.3) is 0 Å². The molecule has 5 rings (SSSR count). The average molecular weight is 467 g/mol. The number of anilines is 2. The molecule has 1 N–H and O–H groups in total. The van der Waals surface area contributed by atoms with Gasteiger partial charge < -0.3 is 19.4 Å². The first kappa shape index (κ1) is 21.9. The zero-order chi connectivity index (χ0) is 24.4. The van der Waals surface area contributed by atoms with Crippen molar-refractivity contribution in [2.45, 2.75) is 0 Å². The smallest absolute Gasteiger partial charge is 0.339 e. The Balaban J connectivity index is 1.62. The van der Waals surface area contributed by atoms with Crippen LogP contribution in [0.15, 0.2) is 85.6 Å². The first-order valence-electron chi connectivity index (χ1n) is 10.7. The van der Waals surface area contributed by atoms with Crippen LogP contribution in [0.25, 0.3) is 22.6 Å². The average Bonchev–Trinajstić information content (AvgIpc) is 3.56. The molecule has 9 nitrogen and oxygen atoms in total. The number of carbonyl (C=O) groups excluding carboxylic acids is 2. The molecule has 0 saturated carbocycles. The topological polar surface area (TPSA) is 99.7 Å².